The number of hydrogen-bond acceptors (Lipinski definition) is 6. The number of hydrogen-bond donors (Lipinski definition) is 0. The summed E-state index contributed by atoms with van der Waals surface area (Å²) >= 11 is 5.11. The number of rotatable bonds is 13. The van der Waals surface area contributed by atoms with Gasteiger partial charge in [-0.25, -0.2) is 4.21 Å². The van der Waals surface area contributed by atoms with E-state index in [-0.39, 0.29) is 5.75 Å². The molecule has 1 atom stereocenters. The van der Waals surface area contributed by atoms with Gasteiger partial charge in [-0.05, 0) is 32.8 Å². The van der Waals surface area contributed by atoms with Gasteiger partial charge in [0.15, 0.2) is 0 Å². The molecular formula is C16H28O5S2Si. The first-order valence-corrected chi connectivity index (χ1v) is 12.8. The van der Waals surface area contributed by atoms with Gasteiger partial charge in [0.1, 0.15) is 8.77 Å². The van der Waals surface area contributed by atoms with Gasteiger partial charge in [-0.1, -0.05) is 30.3 Å². The van der Waals surface area contributed by atoms with E-state index in [1.54, 1.807) is 0 Å². The van der Waals surface area contributed by atoms with E-state index in [1.165, 1.54) is 0 Å². The Bertz CT molecular complexity index is 534. The maximum absolute atomic E-state index is 12.4. The third kappa shape index (κ3) is 8.15. The molecule has 0 aromatic heterocycles. The van der Waals surface area contributed by atoms with Crippen molar-refractivity contribution >= 4 is 28.8 Å². The lowest BCUT2D eigenvalue weighted by molar-refractivity contribution is 0.0698. The lowest BCUT2D eigenvalue weighted by Crippen LogP contribution is -2.46. The summed E-state index contributed by atoms with van der Waals surface area (Å²) in [5.74, 6) is 0.244. The van der Waals surface area contributed by atoms with Crippen LogP contribution in [0, 0.1) is 0 Å². The minimum atomic E-state index is -2.76. The van der Waals surface area contributed by atoms with E-state index in [2.05, 4.69) is 0 Å². The zero-order chi connectivity index (χ0) is 17.9. The van der Waals surface area contributed by atoms with Gasteiger partial charge in [0.2, 0.25) is 0 Å². The molecule has 0 radical (unpaired) electrons. The van der Waals surface area contributed by atoms with Crippen LogP contribution in [0.25, 0.3) is 0 Å². The molecular weight excluding hydrogens is 364 g/mol. The monoisotopic (exact) mass is 392 g/mol. The molecule has 0 aliphatic heterocycles. The van der Waals surface area contributed by atoms with Crippen LogP contribution in [-0.4, -0.2) is 39.4 Å². The summed E-state index contributed by atoms with van der Waals surface area (Å²) in [7, 11) is -5.44. The van der Waals surface area contributed by atoms with Crippen molar-refractivity contribution in [1.82, 2.24) is 0 Å². The van der Waals surface area contributed by atoms with E-state index in [0.717, 1.165) is 5.56 Å². The molecule has 0 aliphatic carbocycles. The van der Waals surface area contributed by atoms with Gasteiger partial charge in [0.05, 0.1) is 12.4 Å². The SMILES string of the molecule is CCO[Si](CCCOS(=O)(=S)Cc1ccccc1)(OCC)OCC. The van der Waals surface area contributed by atoms with Crippen LogP contribution >= 0.6 is 0 Å². The zero-order valence-corrected chi connectivity index (χ0v) is 17.3. The van der Waals surface area contributed by atoms with Crippen molar-refractivity contribution < 1.29 is 21.7 Å². The maximum Gasteiger partial charge on any atom is 0.501 e. The molecule has 1 aromatic carbocycles. The van der Waals surface area contributed by atoms with Gasteiger partial charge in [-0.15, -0.1) is 0 Å². The Labute approximate surface area is 151 Å². The molecule has 138 valence electrons. The van der Waals surface area contributed by atoms with E-state index in [9.17, 15) is 4.21 Å². The predicted molar refractivity (Wildman–Crippen MR) is 102 cm³/mol. The highest BCUT2D eigenvalue weighted by molar-refractivity contribution is 8.29. The molecule has 8 heteroatoms. The topological polar surface area (TPSA) is 54.0 Å². The van der Waals surface area contributed by atoms with E-state index in [0.29, 0.717) is 38.9 Å². The molecule has 0 N–H and O–H groups in total. The second-order valence-corrected chi connectivity index (χ2v) is 11.0. The fraction of sp³-hybridized carbons (Fsp3) is 0.625. The summed E-state index contributed by atoms with van der Waals surface area (Å²) in [4.78, 5) is 0. The molecule has 0 aliphatic rings. The Morgan fingerprint density at radius 1 is 1.00 bits per heavy atom. The third-order valence-corrected chi connectivity index (χ3v) is 8.18. The molecule has 0 spiro atoms. The van der Waals surface area contributed by atoms with Crippen LogP contribution in [0.2, 0.25) is 6.04 Å². The summed E-state index contributed by atoms with van der Waals surface area (Å²) in [5.41, 5.74) is 0.916. The Kier molecular flexibility index (Phi) is 10.2. The largest absolute Gasteiger partial charge is 0.501 e. The second kappa shape index (κ2) is 11.3. The highest BCUT2D eigenvalue weighted by atomic mass is 32.8. The molecule has 24 heavy (non-hydrogen) atoms. The normalized spacial score (nSPS) is 14.5. The van der Waals surface area contributed by atoms with E-state index in [1.807, 2.05) is 51.1 Å². The van der Waals surface area contributed by atoms with Gasteiger partial charge >= 0.3 is 8.80 Å². The number of benzene rings is 1. The van der Waals surface area contributed by atoms with E-state index in [4.69, 9.17) is 28.6 Å². The van der Waals surface area contributed by atoms with Crippen LogP contribution in [0.5, 0.6) is 0 Å². The van der Waals surface area contributed by atoms with Crippen LogP contribution in [-0.2, 0) is 43.2 Å². The van der Waals surface area contributed by atoms with Crippen molar-refractivity contribution in [1.29, 1.82) is 0 Å². The molecule has 1 aromatic rings. The lowest BCUT2D eigenvalue weighted by Gasteiger charge is -2.28. The summed E-state index contributed by atoms with van der Waals surface area (Å²) < 4.78 is 35.2. The Balaban J connectivity index is 2.49. The van der Waals surface area contributed by atoms with Crippen LogP contribution in [0.1, 0.15) is 32.8 Å². The minimum Gasteiger partial charge on any atom is -0.374 e. The van der Waals surface area contributed by atoms with Crippen molar-refractivity contribution in [2.75, 3.05) is 26.4 Å². The van der Waals surface area contributed by atoms with E-state index < -0.39 is 17.6 Å². The Hall–Kier alpha value is -0.353. The second-order valence-electron chi connectivity index (χ2n) is 5.10. The Morgan fingerprint density at radius 2 is 1.54 bits per heavy atom. The first kappa shape index (κ1) is 21.7. The molecule has 0 saturated heterocycles. The van der Waals surface area contributed by atoms with Crippen LogP contribution in [0.15, 0.2) is 30.3 Å². The van der Waals surface area contributed by atoms with Gasteiger partial charge in [0.25, 0.3) is 0 Å². The highest BCUT2D eigenvalue weighted by Gasteiger charge is 2.39. The molecule has 1 rings (SSSR count). The molecule has 0 bridgehead atoms. The fourth-order valence-electron chi connectivity index (χ4n) is 2.30. The van der Waals surface area contributed by atoms with Crippen LogP contribution in [0.4, 0.5) is 0 Å². The average Bonchev–Trinajstić information content (AvgIpc) is 2.53. The first-order valence-electron chi connectivity index (χ1n) is 8.29. The van der Waals surface area contributed by atoms with Crippen LogP contribution < -0.4 is 0 Å². The van der Waals surface area contributed by atoms with Crippen molar-refractivity contribution in [3.8, 4) is 0 Å². The quantitative estimate of drug-likeness (QED) is 0.379. The van der Waals surface area contributed by atoms with Gasteiger partial charge in [-0.3, -0.25) is 4.18 Å². The first-order chi connectivity index (χ1) is 11.5. The summed E-state index contributed by atoms with van der Waals surface area (Å²) in [5, 5.41) is 0. The van der Waals surface area contributed by atoms with Crippen molar-refractivity contribution in [3.63, 3.8) is 0 Å². The van der Waals surface area contributed by atoms with Gasteiger partial charge in [0, 0.05) is 37.1 Å². The third-order valence-electron chi connectivity index (χ3n) is 3.17. The molecule has 0 fully saturated rings. The summed E-state index contributed by atoms with van der Waals surface area (Å²) in [6, 6.07) is 10.1. The van der Waals surface area contributed by atoms with Gasteiger partial charge < -0.3 is 13.3 Å². The average molecular weight is 393 g/mol. The van der Waals surface area contributed by atoms with Crippen molar-refractivity contribution in [3.05, 3.63) is 35.9 Å². The predicted octanol–water partition coefficient (Wildman–Crippen LogP) is 3.30. The Morgan fingerprint density at radius 3 is 2.04 bits per heavy atom. The molecule has 1 unspecified atom stereocenters. The highest BCUT2D eigenvalue weighted by Crippen LogP contribution is 2.19. The van der Waals surface area contributed by atoms with Crippen LogP contribution in [0.3, 0.4) is 0 Å². The molecule has 0 saturated carbocycles. The fourth-order valence-corrected chi connectivity index (χ4v) is 6.54. The molecule has 5 nitrogen and oxygen atoms in total. The van der Waals surface area contributed by atoms with Crippen molar-refractivity contribution in [2.24, 2.45) is 0 Å². The summed E-state index contributed by atoms with van der Waals surface area (Å²) in [6.45, 7) is 7.69. The lowest BCUT2D eigenvalue weighted by atomic mass is 10.2. The maximum atomic E-state index is 12.4. The van der Waals surface area contributed by atoms with Gasteiger partial charge in [-0.2, -0.15) is 0 Å². The van der Waals surface area contributed by atoms with E-state index >= 15 is 0 Å². The zero-order valence-electron chi connectivity index (χ0n) is 14.7. The molecule has 0 heterocycles. The smallest absolute Gasteiger partial charge is 0.374 e. The molecule has 0 amide bonds. The summed E-state index contributed by atoms with van der Waals surface area (Å²) in [6.07, 6.45) is 0.634. The van der Waals surface area contributed by atoms with Crippen molar-refractivity contribution in [2.45, 2.75) is 39.0 Å². The minimum absolute atomic E-state index is 0.244. The standard InChI is InChI=1S/C16H28O5S2Si/c1-4-19-24(20-5-2,21-6-3)14-10-13-18-23(17,22)15-16-11-8-7-9-12-16/h7-9,11-12H,4-6,10,13-15H2,1-3H3.